The Morgan fingerprint density at radius 1 is 1.10 bits per heavy atom. The molecule has 0 unspecified atom stereocenters. The molecule has 1 heterocycles. The fourth-order valence-electron chi connectivity index (χ4n) is 2.95. The molecule has 0 bridgehead atoms. The number of rotatable bonds is 8. The fraction of sp³-hybridized carbons (Fsp3) is 0.273. The second kappa shape index (κ2) is 9.13. The highest BCUT2D eigenvalue weighted by molar-refractivity contribution is 7.91. The van der Waals surface area contributed by atoms with E-state index in [9.17, 15) is 13.2 Å². The van der Waals surface area contributed by atoms with Gasteiger partial charge in [0.25, 0.3) is 0 Å². The zero-order chi connectivity index (χ0) is 21.7. The number of benzene rings is 2. The van der Waals surface area contributed by atoms with Gasteiger partial charge >= 0.3 is 0 Å². The third-order valence-electron chi connectivity index (χ3n) is 4.48. The van der Waals surface area contributed by atoms with E-state index in [-0.39, 0.29) is 23.0 Å². The highest BCUT2D eigenvalue weighted by atomic mass is 32.2. The van der Waals surface area contributed by atoms with Gasteiger partial charge < -0.3 is 14.6 Å². The first-order valence-corrected chi connectivity index (χ1v) is 11.2. The van der Waals surface area contributed by atoms with Crippen LogP contribution in [-0.4, -0.2) is 31.8 Å². The van der Waals surface area contributed by atoms with E-state index in [1.807, 2.05) is 6.92 Å². The van der Waals surface area contributed by atoms with Gasteiger partial charge in [0.15, 0.2) is 15.6 Å². The molecule has 0 fully saturated rings. The summed E-state index contributed by atoms with van der Waals surface area (Å²) in [6, 6.07) is 13.7. The van der Waals surface area contributed by atoms with Crippen molar-refractivity contribution in [3.8, 4) is 17.1 Å². The van der Waals surface area contributed by atoms with Crippen molar-refractivity contribution in [1.82, 2.24) is 5.16 Å². The van der Waals surface area contributed by atoms with Gasteiger partial charge in [-0.2, -0.15) is 0 Å². The van der Waals surface area contributed by atoms with Crippen LogP contribution in [0.15, 0.2) is 57.9 Å². The summed E-state index contributed by atoms with van der Waals surface area (Å²) in [5, 5.41) is 6.54. The van der Waals surface area contributed by atoms with Crippen LogP contribution in [0.25, 0.3) is 11.3 Å². The van der Waals surface area contributed by atoms with Crippen molar-refractivity contribution in [2.24, 2.45) is 0 Å². The molecule has 0 saturated carbocycles. The summed E-state index contributed by atoms with van der Waals surface area (Å²) in [7, 11) is -3.66. The minimum atomic E-state index is -3.66. The normalized spacial score (nSPS) is 11.3. The highest BCUT2D eigenvalue weighted by Crippen LogP contribution is 2.26. The average Bonchev–Trinajstić information content (AvgIpc) is 3.15. The van der Waals surface area contributed by atoms with Gasteiger partial charge in [-0.3, -0.25) is 4.79 Å². The minimum Gasteiger partial charge on any atom is -0.494 e. The Kier molecular flexibility index (Phi) is 6.56. The van der Waals surface area contributed by atoms with Gasteiger partial charge in [0.2, 0.25) is 5.91 Å². The van der Waals surface area contributed by atoms with E-state index < -0.39 is 9.84 Å². The molecule has 0 aliphatic carbocycles. The van der Waals surface area contributed by atoms with Crippen LogP contribution in [0.4, 0.5) is 5.69 Å². The SMILES string of the molecule is CCOc1ccc(NC(=O)CCS(=O)(=O)c2cc(-c3cc(C)no3)ccc2C)cc1. The van der Waals surface area contributed by atoms with E-state index in [1.54, 1.807) is 62.4 Å². The Morgan fingerprint density at radius 2 is 1.83 bits per heavy atom. The number of ether oxygens (including phenoxy) is 1. The van der Waals surface area contributed by atoms with Crippen molar-refractivity contribution in [1.29, 1.82) is 0 Å². The zero-order valence-electron chi connectivity index (χ0n) is 17.1. The predicted octanol–water partition coefficient (Wildman–Crippen LogP) is 4.16. The lowest BCUT2D eigenvalue weighted by Crippen LogP contribution is -2.18. The number of amides is 1. The lowest BCUT2D eigenvalue weighted by molar-refractivity contribution is -0.115. The average molecular weight is 429 g/mol. The molecule has 0 aliphatic rings. The van der Waals surface area contributed by atoms with Gasteiger partial charge in [0, 0.05) is 23.7 Å². The quantitative estimate of drug-likeness (QED) is 0.578. The molecular formula is C22H24N2O5S. The molecule has 8 heteroatoms. The van der Waals surface area contributed by atoms with Crippen LogP contribution < -0.4 is 10.1 Å². The molecule has 158 valence electrons. The number of nitrogens with one attached hydrogen (secondary N) is 1. The second-order valence-electron chi connectivity index (χ2n) is 6.89. The molecule has 0 spiro atoms. The first kappa shape index (κ1) is 21.6. The first-order valence-electron chi connectivity index (χ1n) is 9.58. The Balaban J connectivity index is 1.68. The Morgan fingerprint density at radius 3 is 2.47 bits per heavy atom. The van der Waals surface area contributed by atoms with E-state index in [0.717, 1.165) is 0 Å². The molecule has 0 radical (unpaired) electrons. The van der Waals surface area contributed by atoms with E-state index in [2.05, 4.69) is 10.5 Å². The molecule has 7 nitrogen and oxygen atoms in total. The number of sulfone groups is 1. The molecule has 3 rings (SSSR count). The molecule has 3 aromatic rings. The molecule has 0 atom stereocenters. The molecule has 1 aromatic heterocycles. The molecule has 1 amide bonds. The number of hydrogen-bond acceptors (Lipinski definition) is 6. The van der Waals surface area contributed by atoms with Crippen molar-refractivity contribution >= 4 is 21.4 Å². The van der Waals surface area contributed by atoms with Crippen LogP contribution >= 0.6 is 0 Å². The van der Waals surface area contributed by atoms with Gasteiger partial charge in [-0.05, 0) is 56.7 Å². The minimum absolute atomic E-state index is 0.152. The van der Waals surface area contributed by atoms with E-state index in [4.69, 9.17) is 9.26 Å². The van der Waals surface area contributed by atoms with E-state index >= 15 is 0 Å². The smallest absolute Gasteiger partial charge is 0.225 e. The summed E-state index contributed by atoms with van der Waals surface area (Å²) in [4.78, 5) is 12.4. The summed E-state index contributed by atoms with van der Waals surface area (Å²) in [5.74, 6) is 0.533. The summed E-state index contributed by atoms with van der Waals surface area (Å²) >= 11 is 0. The number of anilines is 1. The molecular weight excluding hydrogens is 404 g/mol. The van der Waals surface area contributed by atoms with Crippen molar-refractivity contribution < 1.29 is 22.5 Å². The largest absolute Gasteiger partial charge is 0.494 e. The number of aromatic nitrogens is 1. The van der Waals surface area contributed by atoms with Gasteiger partial charge in [0.1, 0.15) is 5.75 Å². The maximum atomic E-state index is 12.9. The Hall–Kier alpha value is -3.13. The van der Waals surface area contributed by atoms with Crippen LogP contribution in [-0.2, 0) is 14.6 Å². The Bertz CT molecular complexity index is 1130. The number of carbonyl (C=O) groups excluding carboxylic acids is 1. The third-order valence-corrected chi connectivity index (χ3v) is 6.33. The van der Waals surface area contributed by atoms with E-state index in [0.29, 0.717) is 40.6 Å². The van der Waals surface area contributed by atoms with Crippen molar-refractivity contribution in [3.63, 3.8) is 0 Å². The van der Waals surface area contributed by atoms with Crippen molar-refractivity contribution in [3.05, 3.63) is 59.8 Å². The molecule has 2 aromatic carbocycles. The van der Waals surface area contributed by atoms with Crippen molar-refractivity contribution in [2.75, 3.05) is 17.7 Å². The number of hydrogen-bond donors (Lipinski definition) is 1. The van der Waals surface area contributed by atoms with Crippen LogP contribution in [0.1, 0.15) is 24.6 Å². The van der Waals surface area contributed by atoms with Gasteiger partial charge in [-0.15, -0.1) is 0 Å². The van der Waals surface area contributed by atoms with Crippen LogP contribution in [0.3, 0.4) is 0 Å². The lowest BCUT2D eigenvalue weighted by atomic mass is 10.1. The highest BCUT2D eigenvalue weighted by Gasteiger charge is 2.20. The van der Waals surface area contributed by atoms with Gasteiger partial charge in [0.05, 0.1) is 22.9 Å². The van der Waals surface area contributed by atoms with Gasteiger partial charge in [-0.25, -0.2) is 8.42 Å². The molecule has 0 saturated heterocycles. The van der Waals surface area contributed by atoms with E-state index in [1.165, 1.54) is 0 Å². The topological polar surface area (TPSA) is 98.5 Å². The molecule has 30 heavy (non-hydrogen) atoms. The van der Waals surface area contributed by atoms with Crippen LogP contribution in [0.5, 0.6) is 5.75 Å². The van der Waals surface area contributed by atoms with Crippen LogP contribution in [0.2, 0.25) is 0 Å². The molecule has 0 aliphatic heterocycles. The summed E-state index contributed by atoms with van der Waals surface area (Å²) in [5.41, 5.74) is 2.53. The molecule has 1 N–H and O–H groups in total. The third kappa shape index (κ3) is 5.27. The fourth-order valence-corrected chi connectivity index (χ4v) is 4.49. The van der Waals surface area contributed by atoms with Gasteiger partial charge in [-0.1, -0.05) is 17.3 Å². The maximum Gasteiger partial charge on any atom is 0.225 e. The number of aryl methyl sites for hydroxylation is 2. The zero-order valence-corrected chi connectivity index (χ0v) is 18.0. The van der Waals surface area contributed by atoms with Crippen molar-refractivity contribution in [2.45, 2.75) is 32.1 Å². The first-order chi connectivity index (χ1) is 14.3. The standard InChI is InChI=1S/C22H24N2O5S/c1-4-28-19-9-7-18(8-10-19)23-22(25)11-12-30(26,27)21-14-17(6-5-15(21)2)20-13-16(3)24-29-20/h5-10,13-14H,4,11-12H2,1-3H3,(H,23,25). The Labute approximate surface area is 176 Å². The summed E-state index contributed by atoms with van der Waals surface area (Å²) in [6.45, 7) is 5.96. The number of nitrogens with zero attached hydrogens (tertiary/aromatic N) is 1. The monoisotopic (exact) mass is 428 g/mol. The predicted molar refractivity (Wildman–Crippen MR) is 114 cm³/mol. The lowest BCUT2D eigenvalue weighted by Gasteiger charge is -2.10. The van der Waals surface area contributed by atoms with Crippen LogP contribution in [0, 0.1) is 13.8 Å². The summed E-state index contributed by atoms with van der Waals surface area (Å²) in [6.07, 6.45) is -0.152. The summed E-state index contributed by atoms with van der Waals surface area (Å²) < 4.78 is 36.3. The second-order valence-corrected chi connectivity index (χ2v) is 8.96. The maximum absolute atomic E-state index is 12.9. The number of carbonyl (C=O) groups is 1.